The average molecular weight is 346 g/mol. The van der Waals surface area contributed by atoms with Crippen molar-refractivity contribution < 1.29 is 0 Å². The van der Waals surface area contributed by atoms with Crippen LogP contribution in [0, 0.1) is 11.3 Å². The zero-order chi connectivity index (χ0) is 17.6. The molecule has 0 spiro atoms. The van der Waals surface area contributed by atoms with Crippen LogP contribution in [0.4, 0.5) is 0 Å². The van der Waals surface area contributed by atoms with Crippen molar-refractivity contribution >= 4 is 17.6 Å². The Kier molecular flexibility index (Phi) is 5.22. The van der Waals surface area contributed by atoms with Crippen molar-refractivity contribution in [3.63, 3.8) is 0 Å². The normalized spacial score (nSPS) is 12.0. The Labute approximate surface area is 151 Å². The zero-order valence-electron chi connectivity index (χ0n) is 14.1. The van der Waals surface area contributed by atoms with Crippen molar-refractivity contribution in [3.05, 3.63) is 75.9 Å². The molecule has 0 saturated carbocycles. The predicted octanol–water partition coefficient (Wildman–Crippen LogP) is 4.28. The van der Waals surface area contributed by atoms with Crippen molar-refractivity contribution in [3.8, 4) is 17.3 Å². The third-order valence-electron chi connectivity index (χ3n) is 3.49. The fraction of sp³-hybridized carbons (Fsp3) is 0.150. The third kappa shape index (κ3) is 4.11. The van der Waals surface area contributed by atoms with Crippen LogP contribution in [0.2, 0.25) is 0 Å². The molecule has 0 atom stereocenters. The van der Waals surface area contributed by atoms with Crippen molar-refractivity contribution in [2.75, 3.05) is 0 Å². The van der Waals surface area contributed by atoms with Gasteiger partial charge in [-0.15, -0.1) is 11.3 Å². The minimum atomic E-state index is 0.193. The summed E-state index contributed by atoms with van der Waals surface area (Å²) in [6.07, 6.45) is 1.79. The minimum absolute atomic E-state index is 0.193. The summed E-state index contributed by atoms with van der Waals surface area (Å²) < 4.78 is 1.87. The first-order chi connectivity index (χ1) is 12.2. The molecule has 1 aromatic heterocycles. The van der Waals surface area contributed by atoms with E-state index < -0.39 is 0 Å². The van der Waals surface area contributed by atoms with Crippen LogP contribution in [0.25, 0.3) is 11.3 Å². The standard InChI is InChI=1S/C20H18N4S/c1-15(2)23-20-24(19(14-25-20)18-6-4-3-5-7-18)22-13-17-10-8-16(12-21)9-11-17/h3-11,13-15H,1-2H3. The van der Waals surface area contributed by atoms with Gasteiger partial charge in [0.15, 0.2) is 0 Å². The number of thiazole rings is 1. The van der Waals surface area contributed by atoms with Crippen LogP contribution in [0.15, 0.2) is 70.1 Å². The molecule has 0 bridgehead atoms. The summed E-state index contributed by atoms with van der Waals surface area (Å²) in [7, 11) is 0. The highest BCUT2D eigenvalue weighted by atomic mass is 32.1. The molecule has 0 radical (unpaired) electrons. The molecule has 0 amide bonds. The van der Waals surface area contributed by atoms with E-state index >= 15 is 0 Å². The molecular weight excluding hydrogens is 328 g/mol. The Balaban J connectivity index is 2.04. The van der Waals surface area contributed by atoms with E-state index in [1.54, 1.807) is 29.7 Å². The van der Waals surface area contributed by atoms with E-state index in [4.69, 9.17) is 5.26 Å². The molecule has 0 aliphatic carbocycles. The maximum atomic E-state index is 8.89. The Morgan fingerprint density at radius 3 is 2.44 bits per heavy atom. The van der Waals surface area contributed by atoms with Gasteiger partial charge in [-0.3, -0.25) is 4.99 Å². The van der Waals surface area contributed by atoms with E-state index in [9.17, 15) is 0 Å². The van der Waals surface area contributed by atoms with E-state index in [-0.39, 0.29) is 6.04 Å². The van der Waals surface area contributed by atoms with Gasteiger partial charge in [0.25, 0.3) is 0 Å². The van der Waals surface area contributed by atoms with Gasteiger partial charge in [0.2, 0.25) is 4.80 Å². The van der Waals surface area contributed by atoms with Crippen LogP contribution in [-0.4, -0.2) is 16.9 Å². The van der Waals surface area contributed by atoms with Crippen LogP contribution >= 0.6 is 11.3 Å². The van der Waals surface area contributed by atoms with E-state index in [1.807, 2.05) is 35.0 Å². The lowest BCUT2D eigenvalue weighted by atomic mass is 10.2. The summed E-state index contributed by atoms with van der Waals surface area (Å²) in [5, 5.41) is 15.6. The first-order valence-electron chi connectivity index (χ1n) is 8.01. The Morgan fingerprint density at radius 2 is 1.80 bits per heavy atom. The molecule has 3 rings (SSSR count). The summed E-state index contributed by atoms with van der Waals surface area (Å²) >= 11 is 1.58. The van der Waals surface area contributed by atoms with Crippen molar-refractivity contribution in [1.29, 1.82) is 5.26 Å². The van der Waals surface area contributed by atoms with Gasteiger partial charge in [-0.1, -0.05) is 42.5 Å². The number of benzene rings is 2. The lowest BCUT2D eigenvalue weighted by Gasteiger charge is -2.04. The topological polar surface area (TPSA) is 53.4 Å². The van der Waals surface area contributed by atoms with E-state index in [0.29, 0.717) is 5.56 Å². The maximum Gasteiger partial charge on any atom is 0.206 e. The Bertz CT molecular complexity index is 971. The molecule has 1 heterocycles. The lowest BCUT2D eigenvalue weighted by molar-refractivity contribution is 0.754. The molecule has 0 N–H and O–H groups in total. The summed E-state index contributed by atoms with van der Waals surface area (Å²) in [6.45, 7) is 4.10. The zero-order valence-corrected chi connectivity index (χ0v) is 14.9. The number of hydrogen-bond donors (Lipinski definition) is 0. The molecule has 25 heavy (non-hydrogen) atoms. The van der Waals surface area contributed by atoms with Gasteiger partial charge in [0, 0.05) is 17.0 Å². The number of rotatable bonds is 4. The number of nitrogens with zero attached hydrogens (tertiary/aromatic N) is 4. The summed E-state index contributed by atoms with van der Waals surface area (Å²) in [4.78, 5) is 5.53. The largest absolute Gasteiger partial charge is 0.255 e. The molecule has 4 nitrogen and oxygen atoms in total. The van der Waals surface area contributed by atoms with Gasteiger partial charge >= 0.3 is 0 Å². The van der Waals surface area contributed by atoms with Gasteiger partial charge in [0.05, 0.1) is 23.5 Å². The molecule has 124 valence electrons. The molecule has 0 aliphatic rings. The first-order valence-corrected chi connectivity index (χ1v) is 8.89. The summed E-state index contributed by atoms with van der Waals surface area (Å²) in [6, 6.07) is 19.8. The second-order valence-electron chi connectivity index (χ2n) is 5.78. The smallest absolute Gasteiger partial charge is 0.206 e. The quantitative estimate of drug-likeness (QED) is 0.651. The highest BCUT2D eigenvalue weighted by Gasteiger charge is 2.07. The maximum absolute atomic E-state index is 8.89. The Hall–Kier alpha value is -2.97. The molecule has 5 heteroatoms. The number of nitriles is 1. The van der Waals surface area contributed by atoms with Gasteiger partial charge in [-0.2, -0.15) is 10.4 Å². The van der Waals surface area contributed by atoms with Gasteiger partial charge in [-0.05, 0) is 31.5 Å². The SMILES string of the molecule is CC(C)N=c1scc(-c2ccccc2)n1N=Cc1ccc(C#N)cc1. The highest BCUT2D eigenvalue weighted by molar-refractivity contribution is 7.07. The monoisotopic (exact) mass is 346 g/mol. The van der Waals surface area contributed by atoms with Gasteiger partial charge in [-0.25, -0.2) is 4.68 Å². The van der Waals surface area contributed by atoms with Gasteiger partial charge in [0.1, 0.15) is 0 Å². The van der Waals surface area contributed by atoms with Crippen LogP contribution < -0.4 is 4.80 Å². The highest BCUT2D eigenvalue weighted by Crippen LogP contribution is 2.19. The second-order valence-corrected chi connectivity index (χ2v) is 6.62. The van der Waals surface area contributed by atoms with Crippen LogP contribution in [-0.2, 0) is 0 Å². The van der Waals surface area contributed by atoms with Gasteiger partial charge < -0.3 is 0 Å². The molecule has 0 saturated heterocycles. The number of aromatic nitrogens is 1. The minimum Gasteiger partial charge on any atom is -0.255 e. The predicted molar refractivity (Wildman–Crippen MR) is 103 cm³/mol. The molecule has 3 aromatic rings. The number of hydrogen-bond acceptors (Lipinski definition) is 4. The van der Waals surface area contributed by atoms with Crippen molar-refractivity contribution in [2.24, 2.45) is 10.1 Å². The third-order valence-corrected chi connectivity index (χ3v) is 4.32. The van der Waals surface area contributed by atoms with Crippen molar-refractivity contribution in [2.45, 2.75) is 19.9 Å². The Morgan fingerprint density at radius 1 is 1.08 bits per heavy atom. The summed E-state index contributed by atoms with van der Waals surface area (Å²) in [5.74, 6) is 0. The van der Waals surface area contributed by atoms with E-state index in [1.165, 1.54) is 0 Å². The second kappa shape index (κ2) is 7.73. The molecular formula is C20H18N4S. The molecule has 0 unspecified atom stereocenters. The average Bonchev–Trinajstić information content (AvgIpc) is 3.03. The van der Waals surface area contributed by atoms with Crippen molar-refractivity contribution in [1.82, 2.24) is 4.68 Å². The van der Waals surface area contributed by atoms with E-state index in [0.717, 1.165) is 21.6 Å². The molecule has 0 aliphatic heterocycles. The van der Waals surface area contributed by atoms with Crippen LogP contribution in [0.1, 0.15) is 25.0 Å². The lowest BCUT2D eigenvalue weighted by Crippen LogP contribution is -2.14. The van der Waals surface area contributed by atoms with Crippen LogP contribution in [0.3, 0.4) is 0 Å². The fourth-order valence-corrected chi connectivity index (χ4v) is 3.27. The molecule has 2 aromatic carbocycles. The fourth-order valence-electron chi connectivity index (χ4n) is 2.30. The van der Waals surface area contributed by atoms with Crippen LogP contribution in [0.5, 0.6) is 0 Å². The first kappa shape index (κ1) is 16.9. The van der Waals surface area contributed by atoms with E-state index in [2.05, 4.69) is 47.5 Å². The molecule has 0 fully saturated rings. The summed E-state index contributed by atoms with van der Waals surface area (Å²) in [5.41, 5.74) is 3.68.